The van der Waals surface area contributed by atoms with Gasteiger partial charge in [-0.3, -0.25) is 9.36 Å². The summed E-state index contributed by atoms with van der Waals surface area (Å²) in [5.41, 5.74) is 9.69. The molecule has 2 aromatic heterocycles. The molecule has 1 aromatic carbocycles. The summed E-state index contributed by atoms with van der Waals surface area (Å²) in [5.74, 6) is 0.543. The Bertz CT molecular complexity index is 925. The molecule has 0 fully saturated rings. The molecule has 3 rings (SSSR count). The highest BCUT2D eigenvalue weighted by molar-refractivity contribution is 7.99. The van der Waals surface area contributed by atoms with Crippen LogP contribution in [0.1, 0.15) is 11.3 Å². The van der Waals surface area contributed by atoms with Crippen LogP contribution in [0.2, 0.25) is 0 Å². The Morgan fingerprint density at radius 2 is 2.21 bits per heavy atom. The van der Waals surface area contributed by atoms with Crippen molar-refractivity contribution in [1.82, 2.24) is 19.7 Å². The lowest BCUT2D eigenvalue weighted by Crippen LogP contribution is -2.13. The Kier molecular flexibility index (Phi) is 4.44. The van der Waals surface area contributed by atoms with Gasteiger partial charge in [-0.25, -0.2) is 0 Å². The van der Waals surface area contributed by atoms with Crippen molar-refractivity contribution in [3.05, 3.63) is 42.1 Å². The van der Waals surface area contributed by atoms with Crippen LogP contribution in [-0.2, 0) is 11.3 Å². The van der Waals surface area contributed by atoms with Gasteiger partial charge in [-0.15, -0.1) is 16.8 Å². The second-order valence-corrected chi connectivity index (χ2v) is 6.54. The lowest BCUT2D eigenvalue weighted by atomic mass is 10.1. The number of carbonyl (C=O) groups excluding carboxylic acids is 1. The number of primary amides is 1. The Morgan fingerprint density at radius 3 is 2.92 bits per heavy atom. The van der Waals surface area contributed by atoms with Gasteiger partial charge in [-0.1, -0.05) is 17.8 Å². The van der Waals surface area contributed by atoms with Crippen molar-refractivity contribution >= 4 is 28.6 Å². The Morgan fingerprint density at radius 1 is 1.42 bits per heavy atom. The van der Waals surface area contributed by atoms with Gasteiger partial charge >= 0.3 is 0 Å². The van der Waals surface area contributed by atoms with Gasteiger partial charge in [-0.2, -0.15) is 0 Å². The molecule has 7 heteroatoms. The Hall–Kier alpha value is -2.54. The molecule has 0 aliphatic carbocycles. The molecule has 0 radical (unpaired) electrons. The lowest BCUT2D eigenvalue weighted by molar-refractivity contribution is -0.115. The zero-order valence-electron chi connectivity index (χ0n) is 13.7. The third kappa shape index (κ3) is 2.94. The molecular formula is C17H19N5OS. The second kappa shape index (κ2) is 6.52. The minimum atomic E-state index is -0.380. The minimum Gasteiger partial charge on any atom is -0.369 e. The number of allylic oxidation sites excluding steroid dienone is 1. The number of benzene rings is 1. The Labute approximate surface area is 144 Å². The molecule has 0 saturated heterocycles. The number of thioether (sulfide) groups is 1. The topological polar surface area (TPSA) is 89.6 Å². The average Bonchev–Trinajstić information content (AvgIpc) is 3.07. The lowest BCUT2D eigenvalue weighted by Gasteiger charge is -2.07. The Balaban J connectivity index is 2.06. The standard InChI is InChI=1S/C17H19N5OS/c1-4-7-22-16(20-21-17(22)24-9-15(18)23)12-5-6-14-13(8-12)10(2)11(3)19-14/h4-6,8,19H,1,7,9H2,2-3H3,(H2,18,23). The van der Waals surface area contributed by atoms with Gasteiger partial charge in [-0.05, 0) is 37.6 Å². The van der Waals surface area contributed by atoms with Crippen molar-refractivity contribution in [2.75, 3.05) is 5.75 Å². The normalized spacial score (nSPS) is 11.1. The predicted molar refractivity (Wildman–Crippen MR) is 96.9 cm³/mol. The summed E-state index contributed by atoms with van der Waals surface area (Å²) >= 11 is 1.28. The molecule has 124 valence electrons. The SMILES string of the molecule is C=CCn1c(SCC(N)=O)nnc1-c1ccc2[nH]c(C)c(C)c2c1. The van der Waals surface area contributed by atoms with Gasteiger partial charge < -0.3 is 10.7 Å². The van der Waals surface area contributed by atoms with Crippen molar-refractivity contribution in [2.24, 2.45) is 5.73 Å². The van der Waals surface area contributed by atoms with E-state index in [0.717, 1.165) is 22.6 Å². The van der Waals surface area contributed by atoms with Gasteiger partial charge in [0, 0.05) is 28.7 Å². The summed E-state index contributed by atoms with van der Waals surface area (Å²) in [5, 5.41) is 10.3. The van der Waals surface area contributed by atoms with E-state index in [0.29, 0.717) is 11.7 Å². The number of rotatable bonds is 6. The van der Waals surface area contributed by atoms with Crippen LogP contribution >= 0.6 is 11.8 Å². The summed E-state index contributed by atoms with van der Waals surface area (Å²) in [6.07, 6.45) is 1.78. The maximum Gasteiger partial charge on any atom is 0.227 e. The van der Waals surface area contributed by atoms with Crippen molar-refractivity contribution < 1.29 is 4.79 Å². The zero-order valence-corrected chi connectivity index (χ0v) is 14.5. The maximum atomic E-state index is 11.0. The fourth-order valence-corrected chi connectivity index (χ4v) is 3.33. The van der Waals surface area contributed by atoms with E-state index >= 15 is 0 Å². The van der Waals surface area contributed by atoms with Crippen LogP contribution < -0.4 is 5.73 Å². The number of nitrogens with one attached hydrogen (secondary N) is 1. The third-order valence-corrected chi connectivity index (χ3v) is 4.93. The van der Waals surface area contributed by atoms with E-state index in [2.05, 4.69) is 41.7 Å². The van der Waals surface area contributed by atoms with Gasteiger partial charge in [0.15, 0.2) is 11.0 Å². The minimum absolute atomic E-state index is 0.171. The van der Waals surface area contributed by atoms with E-state index in [1.165, 1.54) is 22.7 Å². The molecule has 3 aromatic rings. The van der Waals surface area contributed by atoms with Crippen LogP contribution in [0.25, 0.3) is 22.3 Å². The average molecular weight is 341 g/mol. The fourth-order valence-electron chi connectivity index (χ4n) is 2.64. The summed E-state index contributed by atoms with van der Waals surface area (Å²) in [7, 11) is 0. The molecule has 0 aliphatic heterocycles. The molecule has 0 spiro atoms. The van der Waals surface area contributed by atoms with E-state index in [1.54, 1.807) is 6.08 Å². The molecule has 6 nitrogen and oxygen atoms in total. The van der Waals surface area contributed by atoms with Crippen LogP contribution in [-0.4, -0.2) is 31.4 Å². The number of fused-ring (bicyclic) bond motifs is 1. The summed E-state index contributed by atoms with van der Waals surface area (Å²) in [6.45, 7) is 8.51. The smallest absolute Gasteiger partial charge is 0.227 e. The van der Waals surface area contributed by atoms with Crippen LogP contribution in [0.15, 0.2) is 36.0 Å². The van der Waals surface area contributed by atoms with Crippen LogP contribution in [0.5, 0.6) is 0 Å². The van der Waals surface area contributed by atoms with Crippen molar-refractivity contribution in [1.29, 1.82) is 0 Å². The number of aryl methyl sites for hydroxylation is 2. The highest BCUT2D eigenvalue weighted by Gasteiger charge is 2.15. The number of H-pyrrole nitrogens is 1. The zero-order chi connectivity index (χ0) is 17.3. The second-order valence-electron chi connectivity index (χ2n) is 5.60. The molecule has 1 amide bonds. The van der Waals surface area contributed by atoms with Crippen molar-refractivity contribution in [3.63, 3.8) is 0 Å². The number of hydrogen-bond acceptors (Lipinski definition) is 4. The highest BCUT2D eigenvalue weighted by atomic mass is 32.2. The number of hydrogen-bond donors (Lipinski definition) is 2. The monoisotopic (exact) mass is 341 g/mol. The molecule has 0 bridgehead atoms. The number of amides is 1. The summed E-state index contributed by atoms with van der Waals surface area (Å²) in [6, 6.07) is 6.18. The molecule has 2 heterocycles. The largest absolute Gasteiger partial charge is 0.369 e. The summed E-state index contributed by atoms with van der Waals surface area (Å²) < 4.78 is 1.94. The third-order valence-electron chi connectivity index (χ3n) is 3.94. The van der Waals surface area contributed by atoms with E-state index in [9.17, 15) is 4.79 Å². The first kappa shape index (κ1) is 16.3. The van der Waals surface area contributed by atoms with Crippen molar-refractivity contribution in [2.45, 2.75) is 25.5 Å². The maximum absolute atomic E-state index is 11.0. The highest BCUT2D eigenvalue weighted by Crippen LogP contribution is 2.29. The van der Waals surface area contributed by atoms with Crippen molar-refractivity contribution in [3.8, 4) is 11.4 Å². The van der Waals surface area contributed by atoms with Gasteiger partial charge in [0.05, 0.1) is 5.75 Å². The van der Waals surface area contributed by atoms with Gasteiger partial charge in [0.2, 0.25) is 5.91 Å². The first-order chi connectivity index (χ1) is 11.5. The van der Waals surface area contributed by atoms with Crippen LogP contribution in [0.4, 0.5) is 0 Å². The first-order valence-corrected chi connectivity index (χ1v) is 8.54. The fraction of sp³-hybridized carbons (Fsp3) is 0.235. The molecule has 3 N–H and O–H groups in total. The first-order valence-electron chi connectivity index (χ1n) is 7.55. The number of nitrogens with two attached hydrogens (primary N) is 1. The quantitative estimate of drug-likeness (QED) is 0.533. The van der Waals surface area contributed by atoms with E-state index < -0.39 is 0 Å². The molecule has 0 saturated carbocycles. The summed E-state index contributed by atoms with van der Waals surface area (Å²) in [4.78, 5) is 14.4. The van der Waals surface area contributed by atoms with Gasteiger partial charge in [0.25, 0.3) is 0 Å². The predicted octanol–water partition coefficient (Wildman–Crippen LogP) is 2.81. The van der Waals surface area contributed by atoms with E-state index in [1.807, 2.05) is 16.7 Å². The number of carbonyl (C=O) groups is 1. The van der Waals surface area contributed by atoms with E-state index in [4.69, 9.17) is 5.73 Å². The number of aromatic amines is 1. The molecule has 0 aliphatic rings. The van der Waals surface area contributed by atoms with Gasteiger partial charge in [0.1, 0.15) is 0 Å². The van der Waals surface area contributed by atoms with Crippen LogP contribution in [0.3, 0.4) is 0 Å². The number of aromatic nitrogens is 4. The molecule has 0 atom stereocenters. The van der Waals surface area contributed by atoms with Crippen LogP contribution in [0, 0.1) is 13.8 Å². The van der Waals surface area contributed by atoms with E-state index in [-0.39, 0.29) is 11.7 Å². The molecule has 24 heavy (non-hydrogen) atoms. The molecule has 0 unspecified atom stereocenters. The number of nitrogens with zero attached hydrogens (tertiary/aromatic N) is 3. The molecular weight excluding hydrogens is 322 g/mol.